The maximum atomic E-state index is 12.3. The number of ether oxygens (including phenoxy) is 3. The molecule has 0 saturated carbocycles. The van der Waals surface area contributed by atoms with Gasteiger partial charge in [0.15, 0.2) is 6.10 Å². The van der Waals surface area contributed by atoms with E-state index < -0.39 is 6.10 Å². The monoisotopic (exact) mass is 633 g/mol. The Morgan fingerprint density at radius 3 is 2.32 bits per heavy atom. The Hall–Kier alpha value is -3.93. The second kappa shape index (κ2) is 17.3. The average molecular weight is 634 g/mol. The number of benzene rings is 4. The van der Waals surface area contributed by atoms with Gasteiger partial charge in [0.1, 0.15) is 12.4 Å². The van der Waals surface area contributed by atoms with E-state index in [0.29, 0.717) is 26.2 Å². The molecule has 2 atom stereocenters. The van der Waals surface area contributed by atoms with E-state index in [0.717, 1.165) is 56.4 Å². The third-order valence-electron chi connectivity index (χ3n) is 9.23. The molecule has 0 fully saturated rings. The lowest BCUT2D eigenvalue weighted by molar-refractivity contribution is -0.156. The van der Waals surface area contributed by atoms with E-state index in [4.69, 9.17) is 14.2 Å². The van der Waals surface area contributed by atoms with Crippen LogP contribution in [0.4, 0.5) is 0 Å². The largest absolute Gasteiger partial charge is 0.492 e. The first-order valence-electron chi connectivity index (χ1n) is 17.5. The Bertz CT molecular complexity index is 1570. The van der Waals surface area contributed by atoms with Crippen LogP contribution in [0.3, 0.4) is 0 Å². The highest BCUT2D eigenvalue weighted by Gasteiger charge is 2.28. The number of aryl methyl sites for hydroxylation is 4. The van der Waals surface area contributed by atoms with Crippen LogP contribution in [0.2, 0.25) is 0 Å². The van der Waals surface area contributed by atoms with Gasteiger partial charge in [0.05, 0.1) is 12.6 Å². The smallest absolute Gasteiger partial charge is 0.335 e. The molecule has 0 aromatic heterocycles. The Kier molecular flexibility index (Phi) is 12.7. The normalized spacial score (nSPS) is 14.6. The predicted octanol–water partition coefficient (Wildman–Crippen LogP) is 8.13. The van der Waals surface area contributed by atoms with Crippen LogP contribution in [0.5, 0.6) is 5.75 Å². The molecular weight excluding hydrogens is 582 g/mol. The summed E-state index contributed by atoms with van der Waals surface area (Å²) in [7, 11) is 2.23. The molecule has 0 heterocycles. The fourth-order valence-corrected chi connectivity index (χ4v) is 6.88. The quantitative estimate of drug-likeness (QED) is 0.117. The van der Waals surface area contributed by atoms with E-state index in [2.05, 4.69) is 85.6 Å². The standard InChI is InChI=1S/C42H51NO4/c1-5-12-32-20-25-38-35(29-32)22-26-37-34(21-17-31-13-9-8-10-14-31)15-11-16-39(37)41(38)43(4)27-28-47-36-23-18-33(19-24-36)30-40(45-6-2)42(44)46-7-3/h8-11,13-16,18-20,23-25,29,40-41H,5-7,12,17,21-22,26-28,30H2,1-4H3. The average Bonchev–Trinajstić information content (AvgIpc) is 3.25. The van der Waals surface area contributed by atoms with Gasteiger partial charge in [0, 0.05) is 19.6 Å². The second-order valence-electron chi connectivity index (χ2n) is 12.5. The number of esters is 1. The summed E-state index contributed by atoms with van der Waals surface area (Å²) in [6, 6.07) is 33.1. The molecule has 0 radical (unpaired) electrons. The molecular formula is C42H51NO4. The van der Waals surface area contributed by atoms with E-state index in [9.17, 15) is 4.79 Å². The van der Waals surface area contributed by atoms with E-state index in [-0.39, 0.29) is 12.0 Å². The highest BCUT2D eigenvalue weighted by molar-refractivity contribution is 5.75. The highest BCUT2D eigenvalue weighted by atomic mass is 16.6. The molecule has 0 saturated heterocycles. The number of nitrogens with zero attached hydrogens (tertiary/aromatic N) is 1. The number of likely N-dealkylation sites (N-methyl/N-ethyl adjacent to an activating group) is 1. The fourth-order valence-electron chi connectivity index (χ4n) is 6.88. The molecule has 0 bridgehead atoms. The molecule has 0 spiro atoms. The van der Waals surface area contributed by atoms with Crippen LogP contribution in [-0.4, -0.2) is 50.4 Å². The lowest BCUT2D eigenvalue weighted by Gasteiger charge is -2.31. The van der Waals surface area contributed by atoms with Gasteiger partial charge >= 0.3 is 5.97 Å². The van der Waals surface area contributed by atoms with E-state index in [1.807, 2.05) is 38.1 Å². The lowest BCUT2D eigenvalue weighted by Crippen LogP contribution is -2.30. The zero-order valence-corrected chi connectivity index (χ0v) is 28.7. The van der Waals surface area contributed by atoms with Crippen molar-refractivity contribution in [3.05, 3.63) is 136 Å². The molecule has 5 heteroatoms. The van der Waals surface area contributed by atoms with Gasteiger partial charge in [0.25, 0.3) is 0 Å². The van der Waals surface area contributed by atoms with Crippen molar-refractivity contribution < 1.29 is 19.0 Å². The topological polar surface area (TPSA) is 48.0 Å². The first kappa shape index (κ1) is 34.4. The van der Waals surface area contributed by atoms with Gasteiger partial charge in [-0.1, -0.05) is 92.2 Å². The predicted molar refractivity (Wildman–Crippen MR) is 190 cm³/mol. The minimum absolute atomic E-state index is 0.166. The second-order valence-corrected chi connectivity index (χ2v) is 12.5. The van der Waals surface area contributed by atoms with Crippen molar-refractivity contribution in [1.82, 2.24) is 4.90 Å². The molecule has 1 aliphatic rings. The zero-order valence-electron chi connectivity index (χ0n) is 28.7. The summed E-state index contributed by atoms with van der Waals surface area (Å²) in [6.07, 6.45) is 6.38. The minimum atomic E-state index is -0.595. The van der Waals surface area contributed by atoms with Gasteiger partial charge in [-0.3, -0.25) is 4.90 Å². The van der Waals surface area contributed by atoms with Gasteiger partial charge in [-0.05, 0) is 110 Å². The molecule has 5 nitrogen and oxygen atoms in total. The highest BCUT2D eigenvalue weighted by Crippen LogP contribution is 2.38. The number of fused-ring (bicyclic) bond motifs is 2. The van der Waals surface area contributed by atoms with Crippen LogP contribution < -0.4 is 4.74 Å². The number of carbonyl (C=O) groups is 1. The Balaban J connectivity index is 1.31. The van der Waals surface area contributed by atoms with Crippen molar-refractivity contribution in [2.24, 2.45) is 0 Å². The van der Waals surface area contributed by atoms with Crippen LogP contribution >= 0.6 is 0 Å². The summed E-state index contributed by atoms with van der Waals surface area (Å²) < 4.78 is 17.1. The van der Waals surface area contributed by atoms with Crippen LogP contribution in [0.25, 0.3) is 0 Å². The first-order chi connectivity index (χ1) is 23.0. The summed E-state index contributed by atoms with van der Waals surface area (Å²) >= 11 is 0. The minimum Gasteiger partial charge on any atom is -0.492 e. The van der Waals surface area contributed by atoms with Crippen molar-refractivity contribution >= 4 is 5.97 Å². The third-order valence-corrected chi connectivity index (χ3v) is 9.23. The van der Waals surface area contributed by atoms with Gasteiger partial charge in [0.2, 0.25) is 0 Å². The summed E-state index contributed by atoms with van der Waals surface area (Å²) in [5.41, 5.74) is 11.1. The van der Waals surface area contributed by atoms with Gasteiger partial charge in [-0.2, -0.15) is 0 Å². The molecule has 0 N–H and O–H groups in total. The Labute approximate surface area is 281 Å². The molecule has 4 aromatic rings. The fraction of sp³-hybridized carbons (Fsp3) is 0.405. The van der Waals surface area contributed by atoms with Crippen molar-refractivity contribution in [2.75, 3.05) is 33.4 Å². The summed E-state index contributed by atoms with van der Waals surface area (Å²) in [5, 5.41) is 0. The van der Waals surface area contributed by atoms with E-state index >= 15 is 0 Å². The molecule has 4 aromatic carbocycles. The number of hydrogen-bond donors (Lipinski definition) is 0. The zero-order chi connectivity index (χ0) is 33.0. The number of rotatable bonds is 16. The lowest BCUT2D eigenvalue weighted by atomic mass is 9.89. The summed E-state index contributed by atoms with van der Waals surface area (Å²) in [5.74, 6) is 0.504. The molecule has 47 heavy (non-hydrogen) atoms. The van der Waals surface area contributed by atoms with Crippen molar-refractivity contribution in [2.45, 2.75) is 77.9 Å². The molecule has 1 aliphatic carbocycles. The molecule has 0 amide bonds. The van der Waals surface area contributed by atoms with Crippen molar-refractivity contribution in [3.63, 3.8) is 0 Å². The van der Waals surface area contributed by atoms with E-state index in [1.165, 1.54) is 38.9 Å². The number of carbonyl (C=O) groups excluding carboxylic acids is 1. The van der Waals surface area contributed by atoms with Gasteiger partial charge in [-0.25, -0.2) is 4.79 Å². The van der Waals surface area contributed by atoms with Crippen LogP contribution in [-0.2, 0) is 52.8 Å². The van der Waals surface area contributed by atoms with Crippen LogP contribution in [0.1, 0.15) is 77.7 Å². The molecule has 0 aliphatic heterocycles. The molecule has 5 rings (SSSR count). The summed E-state index contributed by atoms with van der Waals surface area (Å²) in [4.78, 5) is 14.8. The SMILES string of the molecule is CCCc1ccc2c(c1)CCc1c(CCc3ccccc3)cccc1C2N(C)CCOc1ccc(CC(OCC)C(=O)OCC)cc1. The van der Waals surface area contributed by atoms with Gasteiger partial charge in [-0.15, -0.1) is 0 Å². The summed E-state index contributed by atoms with van der Waals surface area (Å²) in [6.45, 7) is 8.12. The van der Waals surface area contributed by atoms with Crippen LogP contribution in [0, 0.1) is 0 Å². The Morgan fingerprint density at radius 1 is 0.787 bits per heavy atom. The number of hydrogen-bond acceptors (Lipinski definition) is 5. The van der Waals surface area contributed by atoms with E-state index in [1.54, 1.807) is 0 Å². The first-order valence-corrected chi connectivity index (χ1v) is 17.5. The van der Waals surface area contributed by atoms with Gasteiger partial charge < -0.3 is 14.2 Å². The van der Waals surface area contributed by atoms with Crippen LogP contribution in [0.15, 0.2) is 91.0 Å². The molecule has 2 unspecified atom stereocenters. The van der Waals surface area contributed by atoms with Crippen molar-refractivity contribution in [3.8, 4) is 5.75 Å². The Morgan fingerprint density at radius 2 is 1.57 bits per heavy atom. The maximum absolute atomic E-state index is 12.3. The molecule has 248 valence electrons. The third kappa shape index (κ3) is 9.12. The maximum Gasteiger partial charge on any atom is 0.335 e. The van der Waals surface area contributed by atoms with Crippen molar-refractivity contribution in [1.29, 1.82) is 0 Å².